The van der Waals surface area contributed by atoms with Gasteiger partial charge in [-0.15, -0.1) is 0 Å². The van der Waals surface area contributed by atoms with Gasteiger partial charge in [0.25, 0.3) is 0 Å². The first-order valence-electron chi connectivity index (χ1n) is 4.17. The normalized spacial score (nSPS) is 9.77. The minimum Gasteiger partial charge on any atom is -0.497 e. The number of benzene rings is 1. The summed E-state index contributed by atoms with van der Waals surface area (Å²) in [4.78, 5) is 0. The van der Waals surface area contributed by atoms with E-state index >= 15 is 0 Å². The van der Waals surface area contributed by atoms with E-state index in [1.165, 1.54) is 0 Å². The molecule has 0 aromatic heterocycles. The molecule has 0 aliphatic carbocycles. The fourth-order valence-corrected chi connectivity index (χ4v) is 1.21. The van der Waals surface area contributed by atoms with Gasteiger partial charge in [-0.3, -0.25) is 5.73 Å². The Hall–Kier alpha value is -1.22. The molecule has 13 heavy (non-hydrogen) atoms. The van der Waals surface area contributed by atoms with Crippen molar-refractivity contribution < 1.29 is 9.47 Å². The molecule has 1 N–H and O–H groups in total. The standard InChI is InChI=1S/C10H14NO2/c1-12-9-3-4-10(13-2)8(7-9)5-6-11/h3-4,7,11H,5-6H2,1-2H3. The van der Waals surface area contributed by atoms with Gasteiger partial charge in [-0.2, -0.15) is 0 Å². The molecule has 0 fully saturated rings. The Balaban J connectivity index is 2.95. The van der Waals surface area contributed by atoms with Gasteiger partial charge in [0.05, 0.1) is 14.2 Å². The fourth-order valence-electron chi connectivity index (χ4n) is 1.21. The monoisotopic (exact) mass is 180 g/mol. The van der Waals surface area contributed by atoms with E-state index in [1.807, 2.05) is 18.2 Å². The van der Waals surface area contributed by atoms with Gasteiger partial charge in [0, 0.05) is 6.54 Å². The lowest BCUT2D eigenvalue weighted by Crippen LogP contribution is -1.97. The van der Waals surface area contributed by atoms with E-state index in [-0.39, 0.29) is 0 Å². The Kier molecular flexibility index (Phi) is 3.58. The predicted octanol–water partition coefficient (Wildman–Crippen LogP) is 1.53. The molecule has 0 aliphatic rings. The molecule has 1 radical (unpaired) electrons. The second-order valence-corrected chi connectivity index (χ2v) is 2.68. The maximum absolute atomic E-state index is 7.14. The minimum atomic E-state index is 0.365. The number of rotatable bonds is 4. The number of hydrogen-bond donors (Lipinski definition) is 0. The average molecular weight is 180 g/mol. The summed E-state index contributed by atoms with van der Waals surface area (Å²) in [6, 6.07) is 5.63. The van der Waals surface area contributed by atoms with E-state index in [1.54, 1.807) is 14.2 Å². The molecule has 1 rings (SSSR count). The van der Waals surface area contributed by atoms with Crippen molar-refractivity contribution >= 4 is 0 Å². The molecule has 0 unspecified atom stereocenters. The molecule has 0 spiro atoms. The van der Waals surface area contributed by atoms with Crippen LogP contribution in [0.4, 0.5) is 0 Å². The lowest BCUT2D eigenvalue weighted by atomic mass is 10.1. The van der Waals surface area contributed by atoms with E-state index in [9.17, 15) is 0 Å². The first-order valence-corrected chi connectivity index (χ1v) is 4.17. The van der Waals surface area contributed by atoms with E-state index < -0.39 is 0 Å². The summed E-state index contributed by atoms with van der Waals surface area (Å²) in [7, 11) is 3.27. The molecule has 0 aliphatic heterocycles. The van der Waals surface area contributed by atoms with Crippen LogP contribution < -0.4 is 15.2 Å². The SMILES string of the molecule is COc1ccc(OC)c(CC[NH])c1. The van der Waals surface area contributed by atoms with Crippen LogP contribution in [0.1, 0.15) is 5.56 Å². The summed E-state index contributed by atoms with van der Waals surface area (Å²) < 4.78 is 10.2. The number of ether oxygens (including phenoxy) is 2. The molecule has 1 aromatic carbocycles. The third kappa shape index (κ3) is 2.36. The maximum atomic E-state index is 7.14. The molecule has 0 saturated carbocycles. The molecule has 0 saturated heterocycles. The van der Waals surface area contributed by atoms with Crippen LogP contribution in [0, 0.1) is 0 Å². The van der Waals surface area contributed by atoms with Crippen molar-refractivity contribution in [3.05, 3.63) is 23.8 Å². The first-order chi connectivity index (χ1) is 6.31. The number of methoxy groups -OCH3 is 2. The summed E-state index contributed by atoms with van der Waals surface area (Å²) in [6.45, 7) is 0.365. The average Bonchev–Trinajstić information content (AvgIpc) is 2.18. The highest BCUT2D eigenvalue weighted by Gasteiger charge is 2.03. The van der Waals surface area contributed by atoms with Gasteiger partial charge in [-0.1, -0.05) is 0 Å². The highest BCUT2D eigenvalue weighted by Crippen LogP contribution is 2.23. The Bertz CT molecular complexity index is 274. The topological polar surface area (TPSA) is 42.3 Å². The van der Waals surface area contributed by atoms with Crippen LogP contribution in [0.15, 0.2) is 18.2 Å². The lowest BCUT2D eigenvalue weighted by Gasteiger charge is -2.08. The largest absolute Gasteiger partial charge is 0.497 e. The third-order valence-corrected chi connectivity index (χ3v) is 1.88. The zero-order valence-corrected chi connectivity index (χ0v) is 7.96. The van der Waals surface area contributed by atoms with Crippen LogP contribution in [0.25, 0.3) is 0 Å². The van der Waals surface area contributed by atoms with E-state index in [0.717, 1.165) is 17.1 Å². The van der Waals surface area contributed by atoms with Crippen LogP contribution in [0.3, 0.4) is 0 Å². The van der Waals surface area contributed by atoms with Crippen molar-refractivity contribution in [2.75, 3.05) is 20.8 Å². The van der Waals surface area contributed by atoms with Crippen molar-refractivity contribution in [3.8, 4) is 11.5 Å². The fraction of sp³-hybridized carbons (Fsp3) is 0.400. The van der Waals surface area contributed by atoms with E-state index in [4.69, 9.17) is 15.2 Å². The smallest absolute Gasteiger partial charge is 0.122 e. The zero-order valence-electron chi connectivity index (χ0n) is 7.96. The van der Waals surface area contributed by atoms with Crippen molar-refractivity contribution in [3.63, 3.8) is 0 Å². The van der Waals surface area contributed by atoms with Crippen LogP contribution in [0.2, 0.25) is 0 Å². The van der Waals surface area contributed by atoms with Crippen molar-refractivity contribution in [2.45, 2.75) is 6.42 Å². The van der Waals surface area contributed by atoms with Gasteiger partial charge < -0.3 is 9.47 Å². The van der Waals surface area contributed by atoms with E-state index in [2.05, 4.69) is 0 Å². The van der Waals surface area contributed by atoms with Crippen LogP contribution >= 0.6 is 0 Å². The lowest BCUT2D eigenvalue weighted by molar-refractivity contribution is 0.399. The summed E-state index contributed by atoms with van der Waals surface area (Å²) in [5.41, 5.74) is 8.17. The van der Waals surface area contributed by atoms with Crippen LogP contribution in [-0.4, -0.2) is 20.8 Å². The van der Waals surface area contributed by atoms with Crippen LogP contribution in [0.5, 0.6) is 11.5 Å². The number of hydrogen-bond acceptors (Lipinski definition) is 2. The third-order valence-electron chi connectivity index (χ3n) is 1.88. The highest BCUT2D eigenvalue weighted by molar-refractivity contribution is 5.40. The summed E-state index contributed by atoms with van der Waals surface area (Å²) in [5.74, 6) is 1.64. The molecule has 71 valence electrons. The van der Waals surface area contributed by atoms with Gasteiger partial charge >= 0.3 is 0 Å². The second kappa shape index (κ2) is 4.72. The Morgan fingerprint density at radius 1 is 1.23 bits per heavy atom. The van der Waals surface area contributed by atoms with Gasteiger partial charge in [-0.05, 0) is 30.2 Å². The van der Waals surface area contributed by atoms with Gasteiger partial charge in [0.1, 0.15) is 11.5 Å². The van der Waals surface area contributed by atoms with Crippen molar-refractivity contribution in [1.29, 1.82) is 0 Å². The van der Waals surface area contributed by atoms with Crippen molar-refractivity contribution in [2.24, 2.45) is 0 Å². The van der Waals surface area contributed by atoms with Crippen LogP contribution in [-0.2, 0) is 6.42 Å². The van der Waals surface area contributed by atoms with Gasteiger partial charge in [0.2, 0.25) is 0 Å². The Morgan fingerprint density at radius 3 is 2.54 bits per heavy atom. The van der Waals surface area contributed by atoms with Crippen molar-refractivity contribution in [1.82, 2.24) is 5.73 Å². The van der Waals surface area contributed by atoms with Gasteiger partial charge in [0.15, 0.2) is 0 Å². The predicted molar refractivity (Wildman–Crippen MR) is 51.2 cm³/mol. The molecule has 3 nitrogen and oxygen atoms in total. The summed E-state index contributed by atoms with van der Waals surface area (Å²) >= 11 is 0. The molecule has 0 amide bonds. The molecular weight excluding hydrogens is 166 g/mol. The molecule has 3 heteroatoms. The number of nitrogens with one attached hydrogen (secondary N) is 1. The second-order valence-electron chi connectivity index (χ2n) is 2.68. The summed E-state index contributed by atoms with van der Waals surface area (Å²) in [5, 5.41) is 0. The highest BCUT2D eigenvalue weighted by atomic mass is 16.5. The molecule has 0 heterocycles. The zero-order chi connectivity index (χ0) is 9.68. The van der Waals surface area contributed by atoms with E-state index in [0.29, 0.717) is 13.0 Å². The Morgan fingerprint density at radius 2 is 2.00 bits per heavy atom. The quantitative estimate of drug-likeness (QED) is 0.705. The summed E-state index contributed by atoms with van der Waals surface area (Å²) in [6.07, 6.45) is 0.695. The maximum Gasteiger partial charge on any atom is 0.122 e. The molecule has 0 bridgehead atoms. The molecular formula is C10H14NO2. The Labute approximate surface area is 78.5 Å². The van der Waals surface area contributed by atoms with Gasteiger partial charge in [-0.25, -0.2) is 0 Å². The molecule has 0 atom stereocenters. The minimum absolute atomic E-state index is 0.365. The molecule has 1 aromatic rings. The first kappa shape index (κ1) is 9.86.